The Labute approximate surface area is 145 Å². The highest BCUT2D eigenvalue weighted by molar-refractivity contribution is 7.90. The average molecular weight is 361 g/mol. The van der Waals surface area contributed by atoms with Crippen LogP contribution >= 0.6 is 11.3 Å². The summed E-state index contributed by atoms with van der Waals surface area (Å²) in [6, 6.07) is 9.80. The second kappa shape index (κ2) is 6.86. The molecule has 0 aliphatic carbocycles. The van der Waals surface area contributed by atoms with Crippen LogP contribution in [-0.2, 0) is 22.7 Å². The fourth-order valence-corrected chi connectivity index (χ4v) is 3.74. The molecule has 0 bridgehead atoms. The van der Waals surface area contributed by atoms with E-state index in [1.54, 1.807) is 11.3 Å². The Morgan fingerprint density at radius 1 is 1.12 bits per heavy atom. The van der Waals surface area contributed by atoms with Gasteiger partial charge in [-0.3, -0.25) is 0 Å². The van der Waals surface area contributed by atoms with Crippen molar-refractivity contribution in [3.8, 4) is 0 Å². The average Bonchev–Trinajstić information content (AvgIpc) is 3.02. The Morgan fingerprint density at radius 3 is 2.54 bits per heavy atom. The number of aromatic nitrogens is 2. The van der Waals surface area contributed by atoms with Gasteiger partial charge in [-0.25, -0.2) is 18.4 Å². The van der Waals surface area contributed by atoms with Gasteiger partial charge >= 0.3 is 0 Å². The molecule has 5 nitrogen and oxygen atoms in total. The first-order valence-electron chi connectivity index (χ1n) is 7.72. The molecule has 3 aromatic rings. The molecule has 0 unspecified atom stereocenters. The minimum atomic E-state index is -2.94. The molecule has 126 valence electrons. The zero-order chi connectivity index (χ0) is 17.2. The van der Waals surface area contributed by atoms with Gasteiger partial charge in [-0.2, -0.15) is 0 Å². The highest BCUT2D eigenvalue weighted by Crippen LogP contribution is 2.27. The molecule has 0 spiro atoms. The lowest BCUT2D eigenvalue weighted by molar-refractivity contribution is 0.601. The first-order valence-corrected chi connectivity index (χ1v) is 10.7. The van der Waals surface area contributed by atoms with E-state index in [0.29, 0.717) is 6.42 Å². The lowest BCUT2D eigenvalue weighted by atomic mass is 10.1. The molecule has 0 radical (unpaired) electrons. The number of sulfone groups is 1. The molecule has 0 fully saturated rings. The number of thiophene rings is 1. The van der Waals surface area contributed by atoms with Crippen molar-refractivity contribution < 1.29 is 8.42 Å². The molecular formula is C17H19N3O2S2. The van der Waals surface area contributed by atoms with Gasteiger partial charge < -0.3 is 5.32 Å². The Balaban J connectivity index is 1.80. The summed E-state index contributed by atoms with van der Waals surface area (Å²) in [6.45, 7) is 2.04. The van der Waals surface area contributed by atoms with Gasteiger partial charge in [0.25, 0.3) is 0 Å². The fourth-order valence-electron chi connectivity index (χ4n) is 2.35. The van der Waals surface area contributed by atoms with Gasteiger partial charge in [0.2, 0.25) is 0 Å². The van der Waals surface area contributed by atoms with E-state index in [1.165, 1.54) is 6.26 Å². The zero-order valence-electron chi connectivity index (χ0n) is 13.6. The van der Waals surface area contributed by atoms with Gasteiger partial charge in [-0.05, 0) is 35.6 Å². The maximum absolute atomic E-state index is 11.2. The molecule has 24 heavy (non-hydrogen) atoms. The standard InChI is InChI=1S/C17H19N3O2S2/c1-3-15-19-16(14-8-10-23-17(14)20-15)18-13-6-4-12(5-7-13)9-11-24(2,21)22/h4-8,10H,3,9,11H2,1-2H3,(H,18,19,20). The number of benzene rings is 1. The van der Waals surface area contributed by atoms with Gasteiger partial charge in [0.1, 0.15) is 26.3 Å². The summed E-state index contributed by atoms with van der Waals surface area (Å²) in [5, 5.41) is 6.37. The molecule has 0 atom stereocenters. The summed E-state index contributed by atoms with van der Waals surface area (Å²) < 4.78 is 22.5. The molecule has 0 aliphatic rings. The smallest absolute Gasteiger partial charge is 0.147 e. The van der Waals surface area contributed by atoms with Crippen LogP contribution in [-0.4, -0.2) is 30.4 Å². The van der Waals surface area contributed by atoms with Gasteiger partial charge in [0.05, 0.1) is 11.1 Å². The fraction of sp³-hybridized carbons (Fsp3) is 0.294. The predicted molar refractivity (Wildman–Crippen MR) is 99.9 cm³/mol. The topological polar surface area (TPSA) is 72.0 Å². The van der Waals surface area contributed by atoms with Gasteiger partial charge in [0.15, 0.2) is 0 Å². The van der Waals surface area contributed by atoms with Crippen molar-refractivity contribution in [1.82, 2.24) is 9.97 Å². The van der Waals surface area contributed by atoms with E-state index in [4.69, 9.17) is 0 Å². The molecule has 0 saturated carbocycles. The Hall–Kier alpha value is -1.99. The number of fused-ring (bicyclic) bond motifs is 1. The highest BCUT2D eigenvalue weighted by atomic mass is 32.2. The largest absolute Gasteiger partial charge is 0.340 e. The molecule has 1 N–H and O–H groups in total. The van der Waals surface area contributed by atoms with Crippen molar-refractivity contribution >= 4 is 42.9 Å². The maximum atomic E-state index is 11.2. The molecule has 0 amide bonds. The van der Waals surface area contributed by atoms with Crippen molar-refractivity contribution in [2.45, 2.75) is 19.8 Å². The van der Waals surface area contributed by atoms with Crippen molar-refractivity contribution in [1.29, 1.82) is 0 Å². The van der Waals surface area contributed by atoms with Crippen LogP contribution in [0, 0.1) is 0 Å². The van der Waals surface area contributed by atoms with E-state index >= 15 is 0 Å². The quantitative estimate of drug-likeness (QED) is 0.726. The zero-order valence-corrected chi connectivity index (χ0v) is 15.2. The number of hydrogen-bond acceptors (Lipinski definition) is 6. The molecule has 0 aliphatic heterocycles. The van der Waals surface area contributed by atoms with E-state index in [9.17, 15) is 8.42 Å². The lowest BCUT2D eigenvalue weighted by Gasteiger charge is -2.09. The second-order valence-electron chi connectivity index (χ2n) is 5.68. The van der Waals surface area contributed by atoms with Crippen LogP contribution in [0.2, 0.25) is 0 Å². The third-order valence-corrected chi connectivity index (χ3v) is 5.42. The van der Waals surface area contributed by atoms with Crippen LogP contribution in [0.4, 0.5) is 11.5 Å². The SMILES string of the molecule is CCc1nc(Nc2ccc(CCS(C)(=O)=O)cc2)c2ccsc2n1. The molecule has 0 saturated heterocycles. The number of anilines is 2. The minimum Gasteiger partial charge on any atom is -0.340 e. The molecule has 2 heterocycles. The van der Waals surface area contributed by atoms with Gasteiger partial charge in [0, 0.05) is 18.4 Å². The van der Waals surface area contributed by atoms with Crippen molar-refractivity contribution in [3.63, 3.8) is 0 Å². The summed E-state index contributed by atoms with van der Waals surface area (Å²) in [5.41, 5.74) is 1.93. The van der Waals surface area contributed by atoms with Crippen LogP contribution in [0.5, 0.6) is 0 Å². The molecule has 1 aromatic carbocycles. The monoisotopic (exact) mass is 361 g/mol. The van der Waals surface area contributed by atoms with Crippen molar-refractivity contribution in [3.05, 3.63) is 47.1 Å². The van der Waals surface area contributed by atoms with Crippen LogP contribution in [0.3, 0.4) is 0 Å². The molecule has 3 rings (SSSR count). The van der Waals surface area contributed by atoms with Crippen molar-refractivity contribution in [2.24, 2.45) is 0 Å². The Kier molecular flexibility index (Phi) is 4.82. The summed E-state index contributed by atoms with van der Waals surface area (Å²) in [4.78, 5) is 10.1. The second-order valence-corrected chi connectivity index (χ2v) is 8.84. The Morgan fingerprint density at radius 2 is 1.88 bits per heavy atom. The Bertz CT molecular complexity index is 948. The first kappa shape index (κ1) is 16.9. The van der Waals surface area contributed by atoms with E-state index in [-0.39, 0.29) is 5.75 Å². The van der Waals surface area contributed by atoms with Crippen LogP contribution < -0.4 is 5.32 Å². The molecule has 2 aromatic heterocycles. The summed E-state index contributed by atoms with van der Waals surface area (Å²) in [6.07, 6.45) is 2.57. The van der Waals surface area contributed by atoms with Crippen molar-refractivity contribution in [2.75, 3.05) is 17.3 Å². The first-order chi connectivity index (χ1) is 11.4. The van der Waals surface area contributed by atoms with Crippen LogP contribution in [0.1, 0.15) is 18.3 Å². The lowest BCUT2D eigenvalue weighted by Crippen LogP contribution is -2.05. The number of rotatable bonds is 6. The number of aryl methyl sites for hydroxylation is 2. The van der Waals surface area contributed by atoms with E-state index in [0.717, 1.165) is 39.5 Å². The number of hydrogen-bond donors (Lipinski definition) is 1. The summed E-state index contributed by atoms with van der Waals surface area (Å²) in [7, 11) is -2.94. The minimum absolute atomic E-state index is 0.168. The maximum Gasteiger partial charge on any atom is 0.147 e. The summed E-state index contributed by atoms with van der Waals surface area (Å²) >= 11 is 1.60. The van der Waals surface area contributed by atoms with Gasteiger partial charge in [-0.15, -0.1) is 11.3 Å². The van der Waals surface area contributed by atoms with E-state index in [1.807, 2.05) is 42.6 Å². The third kappa shape index (κ3) is 4.10. The van der Waals surface area contributed by atoms with Crippen LogP contribution in [0.25, 0.3) is 10.2 Å². The molecular weight excluding hydrogens is 342 g/mol. The number of nitrogens with one attached hydrogen (secondary N) is 1. The van der Waals surface area contributed by atoms with Gasteiger partial charge in [-0.1, -0.05) is 19.1 Å². The normalized spacial score (nSPS) is 11.8. The molecule has 7 heteroatoms. The third-order valence-electron chi connectivity index (χ3n) is 3.67. The predicted octanol–water partition coefficient (Wildman–Crippen LogP) is 3.58. The summed E-state index contributed by atoms with van der Waals surface area (Å²) in [5.74, 6) is 1.79. The van der Waals surface area contributed by atoms with Crippen LogP contribution in [0.15, 0.2) is 35.7 Å². The van der Waals surface area contributed by atoms with E-state index < -0.39 is 9.84 Å². The number of nitrogens with zero attached hydrogens (tertiary/aromatic N) is 2. The highest BCUT2D eigenvalue weighted by Gasteiger charge is 2.09. The van der Waals surface area contributed by atoms with E-state index in [2.05, 4.69) is 15.3 Å².